The average molecular weight is 514 g/mol. The summed E-state index contributed by atoms with van der Waals surface area (Å²) >= 11 is 0. The Labute approximate surface area is 221 Å². The van der Waals surface area contributed by atoms with Crippen LogP contribution in [0.2, 0.25) is 0 Å². The van der Waals surface area contributed by atoms with Gasteiger partial charge in [-0.1, -0.05) is 12.1 Å². The number of hydrogen-bond donors (Lipinski definition) is 2. The summed E-state index contributed by atoms with van der Waals surface area (Å²) in [7, 11) is 1.84. The van der Waals surface area contributed by atoms with Gasteiger partial charge in [0.25, 0.3) is 0 Å². The van der Waals surface area contributed by atoms with Gasteiger partial charge in [-0.3, -0.25) is 10.2 Å². The van der Waals surface area contributed by atoms with Crippen LogP contribution in [0.5, 0.6) is 5.75 Å². The van der Waals surface area contributed by atoms with Crippen molar-refractivity contribution in [3.63, 3.8) is 0 Å². The van der Waals surface area contributed by atoms with E-state index in [-0.39, 0.29) is 24.0 Å². The van der Waals surface area contributed by atoms with E-state index in [2.05, 4.69) is 21.7 Å². The number of benzene rings is 2. The molecule has 0 saturated carbocycles. The van der Waals surface area contributed by atoms with Crippen LogP contribution in [-0.4, -0.2) is 39.6 Å². The lowest BCUT2D eigenvalue weighted by atomic mass is 10.0. The van der Waals surface area contributed by atoms with E-state index < -0.39 is 5.97 Å². The Hall–Kier alpha value is -4.40. The quantitative estimate of drug-likeness (QED) is 0.278. The Balaban J connectivity index is 1.43. The van der Waals surface area contributed by atoms with Crippen LogP contribution in [0.3, 0.4) is 0 Å². The number of aromatic hydroxyl groups is 1. The predicted molar refractivity (Wildman–Crippen MR) is 148 cm³/mol. The molecule has 1 aliphatic heterocycles. The first-order valence-corrected chi connectivity index (χ1v) is 12.7. The van der Waals surface area contributed by atoms with Crippen molar-refractivity contribution in [1.29, 1.82) is 0 Å². The van der Waals surface area contributed by atoms with Crippen molar-refractivity contribution in [1.82, 2.24) is 4.57 Å². The fourth-order valence-corrected chi connectivity index (χ4v) is 5.30. The Kier molecular flexibility index (Phi) is 6.52. The lowest BCUT2D eigenvalue weighted by molar-refractivity contribution is -0.112. The number of carbonyl (C=O) groups excluding carboxylic acids is 2. The Morgan fingerprint density at radius 1 is 1.16 bits per heavy atom. The second kappa shape index (κ2) is 9.81. The smallest absolute Gasteiger partial charge is 0.340 e. The molecule has 0 fully saturated rings. The Morgan fingerprint density at radius 2 is 1.92 bits per heavy atom. The van der Waals surface area contributed by atoms with Gasteiger partial charge in [0.1, 0.15) is 5.75 Å². The molecular formula is C29H31N5O4. The number of nitrogens with one attached hydrogen (secondary N) is 1. The van der Waals surface area contributed by atoms with Crippen LogP contribution in [0, 0.1) is 13.8 Å². The third-order valence-corrected chi connectivity index (χ3v) is 7.30. The Bertz CT molecular complexity index is 1530. The van der Waals surface area contributed by atoms with E-state index in [1.165, 1.54) is 16.1 Å². The number of hydrazone groups is 2. The lowest BCUT2D eigenvalue weighted by Crippen LogP contribution is -2.28. The number of fused-ring (bicyclic) bond motifs is 1. The highest BCUT2D eigenvalue weighted by molar-refractivity contribution is 6.71. The summed E-state index contributed by atoms with van der Waals surface area (Å²) in [6.45, 7) is 7.45. The molecule has 0 radical (unpaired) electrons. The number of ether oxygens (including phenoxy) is 1. The summed E-state index contributed by atoms with van der Waals surface area (Å²) in [5.74, 6) is -0.782. The van der Waals surface area contributed by atoms with E-state index in [0.717, 1.165) is 30.6 Å². The lowest BCUT2D eigenvalue weighted by Gasteiger charge is -2.13. The van der Waals surface area contributed by atoms with Gasteiger partial charge in [0.2, 0.25) is 0 Å². The number of nitrogens with zero attached hydrogens (tertiary/aromatic N) is 4. The van der Waals surface area contributed by atoms with Gasteiger partial charge < -0.3 is 14.4 Å². The molecule has 5 rings (SSSR count). The first-order chi connectivity index (χ1) is 18.2. The number of para-hydroxylation sites is 1. The number of aryl methyl sites for hydroxylation is 2. The van der Waals surface area contributed by atoms with Crippen LogP contribution in [0.15, 0.2) is 46.6 Å². The van der Waals surface area contributed by atoms with Gasteiger partial charge in [-0.15, -0.1) is 0 Å². The number of aromatic nitrogens is 1. The molecule has 0 bridgehead atoms. The zero-order chi connectivity index (χ0) is 27.1. The maximum atomic E-state index is 13.2. The second-order valence-corrected chi connectivity index (χ2v) is 9.60. The average Bonchev–Trinajstić information content (AvgIpc) is 3.53. The normalized spacial score (nSPS) is 15.7. The molecule has 1 aromatic heterocycles. The summed E-state index contributed by atoms with van der Waals surface area (Å²) in [6, 6.07) is 11.2. The highest BCUT2D eigenvalue weighted by atomic mass is 16.5. The van der Waals surface area contributed by atoms with Crippen molar-refractivity contribution in [2.24, 2.45) is 17.3 Å². The summed E-state index contributed by atoms with van der Waals surface area (Å²) in [5.41, 5.74) is 10.3. The monoisotopic (exact) mass is 513 g/mol. The topological polar surface area (TPSA) is 109 Å². The number of phenolic OH excluding ortho intramolecular Hbond substituents is 1. The van der Waals surface area contributed by atoms with Gasteiger partial charge in [0.15, 0.2) is 5.71 Å². The van der Waals surface area contributed by atoms with Gasteiger partial charge in [0.05, 0.1) is 35.0 Å². The fourth-order valence-electron chi connectivity index (χ4n) is 5.30. The first kappa shape index (κ1) is 25.3. The van der Waals surface area contributed by atoms with E-state index in [9.17, 15) is 14.7 Å². The zero-order valence-corrected chi connectivity index (χ0v) is 22.3. The molecule has 0 spiro atoms. The summed E-state index contributed by atoms with van der Waals surface area (Å²) in [5, 5.41) is 21.3. The number of anilines is 2. The maximum absolute atomic E-state index is 13.2. The minimum Gasteiger partial charge on any atom is -0.505 e. The van der Waals surface area contributed by atoms with Crippen LogP contribution < -0.4 is 10.4 Å². The number of phenols is 1. The van der Waals surface area contributed by atoms with E-state index in [1.54, 1.807) is 32.0 Å². The third kappa shape index (κ3) is 4.13. The molecule has 9 heteroatoms. The number of carbonyl (C=O) groups is 2. The third-order valence-electron chi connectivity index (χ3n) is 7.30. The molecular weight excluding hydrogens is 482 g/mol. The van der Waals surface area contributed by atoms with E-state index in [0.29, 0.717) is 33.8 Å². The molecule has 2 N–H and O–H groups in total. The van der Waals surface area contributed by atoms with Gasteiger partial charge in [-0.25, -0.2) is 4.79 Å². The zero-order valence-electron chi connectivity index (χ0n) is 22.3. The molecule has 0 saturated heterocycles. The molecule has 2 aliphatic rings. The largest absolute Gasteiger partial charge is 0.505 e. The van der Waals surface area contributed by atoms with Gasteiger partial charge in [-0.05, 0) is 87.9 Å². The first-order valence-electron chi connectivity index (χ1n) is 12.7. The molecule has 38 heavy (non-hydrogen) atoms. The molecule has 196 valence electrons. The molecule has 1 aliphatic carbocycles. The van der Waals surface area contributed by atoms with Crippen LogP contribution in [-0.2, 0) is 29.4 Å². The molecule has 9 nitrogen and oxygen atoms in total. The van der Waals surface area contributed by atoms with Crippen molar-refractivity contribution < 1.29 is 19.4 Å². The molecule has 0 atom stereocenters. The van der Waals surface area contributed by atoms with Crippen LogP contribution >= 0.6 is 0 Å². The highest BCUT2D eigenvalue weighted by Crippen LogP contribution is 2.39. The van der Waals surface area contributed by atoms with Crippen molar-refractivity contribution in [2.45, 2.75) is 47.0 Å². The van der Waals surface area contributed by atoms with E-state index >= 15 is 0 Å². The standard InChI is InChI=1S/C29H31N5O4/c1-6-38-29(37)24-16(2)26(33(5)18(24)4)22-11-8-12-23(27(22)35)30-31-25-17(3)32-34(28(25)36)21-14-13-19-9-7-10-20(19)15-21/h8,11-15,30,35H,6-7,9-10H2,1-5H3/b31-25-. The minimum atomic E-state index is -0.396. The Morgan fingerprint density at radius 3 is 2.68 bits per heavy atom. The molecule has 2 aromatic carbocycles. The van der Waals surface area contributed by atoms with Crippen molar-refractivity contribution in [3.05, 3.63) is 64.3 Å². The minimum absolute atomic E-state index is 0.0496. The van der Waals surface area contributed by atoms with Crippen LogP contribution in [0.25, 0.3) is 11.3 Å². The van der Waals surface area contributed by atoms with Gasteiger partial charge >= 0.3 is 11.9 Å². The van der Waals surface area contributed by atoms with Crippen LogP contribution in [0.4, 0.5) is 11.4 Å². The summed E-state index contributed by atoms with van der Waals surface area (Å²) in [6.07, 6.45) is 3.20. The number of rotatable bonds is 6. The summed E-state index contributed by atoms with van der Waals surface area (Å²) in [4.78, 5) is 25.7. The molecule has 0 unspecified atom stereocenters. The number of amides is 1. The van der Waals surface area contributed by atoms with Gasteiger partial charge in [0, 0.05) is 18.3 Å². The molecule has 3 aromatic rings. The number of esters is 1. The fraction of sp³-hybridized carbons (Fsp3) is 0.310. The van der Waals surface area contributed by atoms with Crippen molar-refractivity contribution in [2.75, 3.05) is 17.0 Å². The second-order valence-electron chi connectivity index (χ2n) is 9.60. The van der Waals surface area contributed by atoms with Gasteiger partial charge in [-0.2, -0.15) is 15.2 Å². The van der Waals surface area contributed by atoms with E-state index in [4.69, 9.17) is 4.74 Å². The van der Waals surface area contributed by atoms with E-state index in [1.807, 2.05) is 37.6 Å². The summed E-state index contributed by atoms with van der Waals surface area (Å²) < 4.78 is 7.09. The van der Waals surface area contributed by atoms with Crippen molar-refractivity contribution >= 4 is 34.7 Å². The number of hydrogen-bond acceptors (Lipinski definition) is 7. The maximum Gasteiger partial charge on any atom is 0.340 e. The van der Waals surface area contributed by atoms with Crippen molar-refractivity contribution in [3.8, 4) is 17.0 Å². The SMILES string of the molecule is CCOC(=O)c1c(C)c(-c2cccc(N/N=C3\C(=O)N(c4ccc5c(c4)CCC5)N=C3C)c2O)n(C)c1C. The highest BCUT2D eigenvalue weighted by Gasteiger charge is 2.32. The molecule has 1 amide bonds. The van der Waals surface area contributed by atoms with Crippen LogP contribution in [0.1, 0.15) is 53.0 Å². The predicted octanol–water partition coefficient (Wildman–Crippen LogP) is 4.87. The molecule has 2 heterocycles.